The van der Waals surface area contributed by atoms with Crippen molar-refractivity contribution in [3.63, 3.8) is 0 Å². The topological polar surface area (TPSA) is 40.6 Å². The number of hydrogen-bond donors (Lipinski definition) is 0. The van der Waals surface area contributed by atoms with Gasteiger partial charge in [0, 0.05) is 42.3 Å². The highest BCUT2D eigenvalue weighted by Crippen LogP contribution is 2.13. The molecule has 0 aliphatic carbocycles. The molecule has 2 aromatic rings. The van der Waals surface area contributed by atoms with Gasteiger partial charge in [-0.2, -0.15) is 0 Å². The molecule has 1 aliphatic heterocycles. The largest absolute Gasteiger partial charge is 0.336 e. The van der Waals surface area contributed by atoms with E-state index in [0.717, 1.165) is 11.1 Å². The first-order valence-corrected chi connectivity index (χ1v) is 8.78. The van der Waals surface area contributed by atoms with Crippen LogP contribution >= 0.6 is 11.6 Å². The van der Waals surface area contributed by atoms with E-state index in [1.807, 2.05) is 36.1 Å². The number of hydrogen-bond acceptors (Lipinski definition) is 3. The van der Waals surface area contributed by atoms with Gasteiger partial charge in [0.25, 0.3) is 5.91 Å². The summed E-state index contributed by atoms with van der Waals surface area (Å²) in [7, 11) is 0. The van der Waals surface area contributed by atoms with Gasteiger partial charge in [-0.05, 0) is 31.2 Å². The molecule has 2 aromatic carbocycles. The molecule has 0 atom stereocenters. The second kappa shape index (κ2) is 7.81. The Balaban J connectivity index is 1.53. The third-order valence-electron chi connectivity index (χ3n) is 4.49. The predicted molar refractivity (Wildman–Crippen MR) is 99.3 cm³/mol. The molecule has 0 aromatic heterocycles. The maximum atomic E-state index is 12.5. The van der Waals surface area contributed by atoms with Crippen molar-refractivity contribution < 1.29 is 9.59 Å². The zero-order valence-corrected chi connectivity index (χ0v) is 15.0. The van der Waals surface area contributed by atoms with Crippen molar-refractivity contribution in [2.24, 2.45) is 0 Å². The Bertz CT molecular complexity index is 748. The van der Waals surface area contributed by atoms with Gasteiger partial charge in [-0.15, -0.1) is 0 Å². The van der Waals surface area contributed by atoms with Gasteiger partial charge in [-0.3, -0.25) is 14.5 Å². The lowest BCUT2D eigenvalue weighted by Crippen LogP contribution is -2.49. The van der Waals surface area contributed by atoms with Gasteiger partial charge in [0.2, 0.25) is 0 Å². The fraction of sp³-hybridized carbons (Fsp3) is 0.300. The second-order valence-corrected chi connectivity index (χ2v) is 6.80. The number of nitrogens with zero attached hydrogens (tertiary/aromatic N) is 2. The van der Waals surface area contributed by atoms with Crippen LogP contribution in [0.15, 0.2) is 48.5 Å². The van der Waals surface area contributed by atoms with Crippen LogP contribution in [0.3, 0.4) is 0 Å². The number of piperazine rings is 1. The second-order valence-electron chi connectivity index (χ2n) is 6.36. The van der Waals surface area contributed by atoms with E-state index in [0.29, 0.717) is 43.3 Å². The molecule has 1 saturated heterocycles. The van der Waals surface area contributed by atoms with Gasteiger partial charge in [-0.25, -0.2) is 0 Å². The predicted octanol–water partition coefficient (Wildman–Crippen LogP) is 3.29. The van der Waals surface area contributed by atoms with E-state index in [4.69, 9.17) is 11.6 Å². The number of Topliss-reactive ketones (excluding diaryl/α,β-unsaturated/α-hetero) is 1. The van der Waals surface area contributed by atoms with Crippen LogP contribution in [-0.4, -0.2) is 54.2 Å². The minimum absolute atomic E-state index is 0.0150. The number of aryl methyl sites for hydroxylation is 1. The van der Waals surface area contributed by atoms with E-state index >= 15 is 0 Å². The van der Waals surface area contributed by atoms with E-state index in [-0.39, 0.29) is 11.7 Å². The molecule has 0 radical (unpaired) electrons. The molecule has 0 bridgehead atoms. The first kappa shape index (κ1) is 17.6. The lowest BCUT2D eigenvalue weighted by molar-refractivity contribution is 0.0624. The van der Waals surface area contributed by atoms with Crippen molar-refractivity contribution in [3.8, 4) is 0 Å². The Morgan fingerprint density at radius 3 is 2.04 bits per heavy atom. The fourth-order valence-electron chi connectivity index (χ4n) is 2.92. The monoisotopic (exact) mass is 356 g/mol. The Morgan fingerprint density at radius 1 is 0.880 bits per heavy atom. The van der Waals surface area contributed by atoms with Crippen LogP contribution in [0, 0.1) is 6.92 Å². The quantitative estimate of drug-likeness (QED) is 0.789. The van der Waals surface area contributed by atoms with Gasteiger partial charge in [-0.1, -0.05) is 41.4 Å². The average Bonchev–Trinajstić information content (AvgIpc) is 2.63. The molecule has 5 heteroatoms. The van der Waals surface area contributed by atoms with Crippen LogP contribution in [-0.2, 0) is 0 Å². The summed E-state index contributed by atoms with van der Waals surface area (Å²) in [5, 5.41) is 0.621. The first-order valence-electron chi connectivity index (χ1n) is 8.40. The molecule has 0 N–H and O–H groups in total. The number of rotatable bonds is 4. The molecule has 25 heavy (non-hydrogen) atoms. The van der Waals surface area contributed by atoms with Gasteiger partial charge in [0.05, 0.1) is 6.54 Å². The maximum Gasteiger partial charge on any atom is 0.253 e. The summed E-state index contributed by atoms with van der Waals surface area (Å²) < 4.78 is 0. The van der Waals surface area contributed by atoms with Gasteiger partial charge in [0.1, 0.15) is 0 Å². The lowest BCUT2D eigenvalue weighted by Gasteiger charge is -2.34. The molecule has 0 unspecified atom stereocenters. The van der Waals surface area contributed by atoms with E-state index in [9.17, 15) is 9.59 Å². The fourth-order valence-corrected chi connectivity index (χ4v) is 3.04. The summed E-state index contributed by atoms with van der Waals surface area (Å²) in [6, 6.07) is 14.6. The van der Waals surface area contributed by atoms with E-state index < -0.39 is 0 Å². The van der Waals surface area contributed by atoms with Crippen molar-refractivity contribution in [1.82, 2.24) is 9.80 Å². The number of carbonyl (C=O) groups is 2. The highest BCUT2D eigenvalue weighted by atomic mass is 35.5. The standard InChI is InChI=1S/C20H21ClN2O2/c1-15-2-4-16(5-3-15)19(24)14-22-10-12-23(13-11-22)20(25)17-6-8-18(21)9-7-17/h2-9H,10-14H2,1H3. The van der Waals surface area contributed by atoms with Crippen molar-refractivity contribution in [3.05, 3.63) is 70.2 Å². The molecule has 0 spiro atoms. The van der Waals surface area contributed by atoms with Gasteiger partial charge >= 0.3 is 0 Å². The minimum atomic E-state index is 0.0150. The highest BCUT2D eigenvalue weighted by molar-refractivity contribution is 6.30. The first-order chi connectivity index (χ1) is 12.0. The molecule has 1 fully saturated rings. The van der Waals surface area contributed by atoms with Crippen molar-refractivity contribution >= 4 is 23.3 Å². The minimum Gasteiger partial charge on any atom is -0.336 e. The van der Waals surface area contributed by atoms with Crippen LogP contribution in [0.4, 0.5) is 0 Å². The Kier molecular flexibility index (Phi) is 5.51. The number of carbonyl (C=O) groups excluding carboxylic acids is 2. The Labute approximate surface area is 153 Å². The van der Waals surface area contributed by atoms with Crippen molar-refractivity contribution in [1.29, 1.82) is 0 Å². The van der Waals surface area contributed by atoms with E-state index in [1.54, 1.807) is 24.3 Å². The Morgan fingerprint density at radius 2 is 1.44 bits per heavy atom. The number of halogens is 1. The zero-order valence-electron chi connectivity index (χ0n) is 14.2. The van der Waals surface area contributed by atoms with Crippen LogP contribution in [0.25, 0.3) is 0 Å². The third kappa shape index (κ3) is 4.47. The van der Waals surface area contributed by atoms with E-state index in [2.05, 4.69) is 4.90 Å². The van der Waals surface area contributed by atoms with Crippen molar-refractivity contribution in [2.75, 3.05) is 32.7 Å². The molecule has 1 amide bonds. The van der Waals surface area contributed by atoms with Crippen LogP contribution < -0.4 is 0 Å². The third-order valence-corrected chi connectivity index (χ3v) is 4.74. The smallest absolute Gasteiger partial charge is 0.253 e. The number of benzene rings is 2. The Hall–Kier alpha value is -2.17. The summed E-state index contributed by atoms with van der Waals surface area (Å²) in [5.41, 5.74) is 2.53. The molecule has 4 nitrogen and oxygen atoms in total. The van der Waals surface area contributed by atoms with E-state index in [1.165, 1.54) is 0 Å². The summed E-state index contributed by atoms with van der Waals surface area (Å²) >= 11 is 5.87. The SMILES string of the molecule is Cc1ccc(C(=O)CN2CCN(C(=O)c3ccc(Cl)cc3)CC2)cc1. The summed E-state index contributed by atoms with van der Waals surface area (Å²) in [5.74, 6) is 0.138. The summed E-state index contributed by atoms with van der Waals surface area (Å²) in [4.78, 5) is 28.8. The van der Waals surface area contributed by atoms with Crippen LogP contribution in [0.1, 0.15) is 26.3 Å². The van der Waals surface area contributed by atoms with Crippen LogP contribution in [0.5, 0.6) is 0 Å². The molecule has 1 heterocycles. The molecule has 130 valence electrons. The highest BCUT2D eigenvalue weighted by Gasteiger charge is 2.23. The number of ketones is 1. The van der Waals surface area contributed by atoms with Gasteiger partial charge in [0.15, 0.2) is 5.78 Å². The summed E-state index contributed by atoms with van der Waals surface area (Å²) in [6.07, 6.45) is 0. The summed E-state index contributed by atoms with van der Waals surface area (Å²) in [6.45, 7) is 5.07. The number of amides is 1. The molecule has 0 saturated carbocycles. The average molecular weight is 357 g/mol. The normalized spacial score (nSPS) is 15.2. The maximum absolute atomic E-state index is 12.5. The van der Waals surface area contributed by atoms with Crippen molar-refractivity contribution in [2.45, 2.75) is 6.92 Å². The molecule has 1 aliphatic rings. The molecule has 3 rings (SSSR count). The lowest BCUT2D eigenvalue weighted by atomic mass is 10.1. The molecular formula is C20H21ClN2O2. The van der Waals surface area contributed by atoms with Gasteiger partial charge < -0.3 is 4.90 Å². The van der Waals surface area contributed by atoms with Crippen LogP contribution in [0.2, 0.25) is 5.02 Å². The zero-order chi connectivity index (χ0) is 17.8. The molecular weight excluding hydrogens is 336 g/mol.